The van der Waals surface area contributed by atoms with Crippen LogP contribution in [-0.4, -0.2) is 50.5 Å². The molecule has 0 amide bonds. The number of likely N-dealkylation sites (N-methyl/N-ethyl adjacent to an activating group) is 1. The minimum absolute atomic E-state index is 0.189. The number of rotatable bonds is 4. The molecule has 1 saturated carbocycles. The van der Waals surface area contributed by atoms with Crippen molar-refractivity contribution in [2.45, 2.75) is 44.2 Å². The van der Waals surface area contributed by atoms with E-state index in [1.54, 1.807) is 0 Å². The fraction of sp³-hybridized carbons (Fsp3) is 1.00. The highest BCUT2D eigenvalue weighted by molar-refractivity contribution is 7.91. The molecule has 100 valence electrons. The van der Waals surface area contributed by atoms with Crippen molar-refractivity contribution in [1.29, 1.82) is 0 Å². The smallest absolute Gasteiger partial charge is 0.151 e. The third-order valence-electron chi connectivity index (χ3n) is 4.49. The predicted molar refractivity (Wildman–Crippen MR) is 69.6 cm³/mol. The average molecular weight is 260 g/mol. The highest BCUT2D eigenvalue weighted by atomic mass is 32.2. The van der Waals surface area contributed by atoms with E-state index in [0.717, 1.165) is 6.42 Å². The molecule has 5 heteroatoms. The van der Waals surface area contributed by atoms with Crippen LogP contribution in [0, 0.1) is 5.92 Å². The van der Waals surface area contributed by atoms with E-state index in [9.17, 15) is 8.42 Å². The highest BCUT2D eigenvalue weighted by Gasteiger charge is 2.36. The molecule has 0 bridgehead atoms. The predicted octanol–water partition coefficient (Wildman–Crippen LogP) is 0.623. The van der Waals surface area contributed by atoms with Crippen molar-refractivity contribution in [3.05, 3.63) is 0 Å². The number of nitrogens with zero attached hydrogens (tertiary/aromatic N) is 1. The van der Waals surface area contributed by atoms with Gasteiger partial charge < -0.3 is 5.73 Å². The maximum absolute atomic E-state index is 11.5. The van der Waals surface area contributed by atoms with Gasteiger partial charge in [-0.3, -0.25) is 4.90 Å². The van der Waals surface area contributed by atoms with Gasteiger partial charge in [0.15, 0.2) is 9.84 Å². The molecule has 0 spiro atoms. The van der Waals surface area contributed by atoms with Gasteiger partial charge in [-0.05, 0) is 32.2 Å². The standard InChI is InChI=1S/C12H24N2O2S/c1-14(11-6-7-17(15,16)9-11)12(8-13)10-4-2-3-5-10/h10-12H,2-9,13H2,1H3. The van der Waals surface area contributed by atoms with Crippen molar-refractivity contribution in [2.24, 2.45) is 11.7 Å². The van der Waals surface area contributed by atoms with Crippen molar-refractivity contribution in [1.82, 2.24) is 4.90 Å². The Bertz CT molecular complexity index is 350. The van der Waals surface area contributed by atoms with Gasteiger partial charge in [-0.15, -0.1) is 0 Å². The first-order valence-corrected chi connectivity index (χ1v) is 8.48. The fourth-order valence-electron chi connectivity index (χ4n) is 3.40. The molecule has 4 nitrogen and oxygen atoms in total. The van der Waals surface area contributed by atoms with E-state index in [1.165, 1.54) is 25.7 Å². The molecule has 1 aliphatic carbocycles. The molecular weight excluding hydrogens is 236 g/mol. The van der Waals surface area contributed by atoms with Gasteiger partial charge in [0.1, 0.15) is 0 Å². The Labute approximate surface area is 104 Å². The minimum atomic E-state index is -2.79. The van der Waals surface area contributed by atoms with Crippen LogP contribution in [0.3, 0.4) is 0 Å². The molecule has 2 atom stereocenters. The maximum atomic E-state index is 11.5. The van der Waals surface area contributed by atoms with E-state index < -0.39 is 9.84 Å². The summed E-state index contributed by atoms with van der Waals surface area (Å²) in [7, 11) is -0.731. The molecule has 1 heterocycles. The molecule has 2 fully saturated rings. The van der Waals surface area contributed by atoms with Crippen molar-refractivity contribution in [2.75, 3.05) is 25.1 Å². The van der Waals surface area contributed by atoms with Crippen LogP contribution in [0.15, 0.2) is 0 Å². The molecule has 2 rings (SSSR count). The third-order valence-corrected chi connectivity index (χ3v) is 6.24. The molecule has 0 aromatic carbocycles. The summed E-state index contributed by atoms with van der Waals surface area (Å²) in [5.74, 6) is 1.35. The molecule has 17 heavy (non-hydrogen) atoms. The first-order chi connectivity index (χ1) is 8.03. The summed E-state index contributed by atoms with van der Waals surface area (Å²) in [5, 5.41) is 0. The fourth-order valence-corrected chi connectivity index (χ4v) is 5.19. The van der Waals surface area contributed by atoms with Crippen molar-refractivity contribution < 1.29 is 8.42 Å². The lowest BCUT2D eigenvalue weighted by atomic mass is 9.95. The lowest BCUT2D eigenvalue weighted by Gasteiger charge is -2.35. The second-order valence-corrected chi connectivity index (χ2v) is 7.80. The van der Waals surface area contributed by atoms with E-state index in [-0.39, 0.29) is 6.04 Å². The Kier molecular flexibility index (Phi) is 4.10. The van der Waals surface area contributed by atoms with Crippen LogP contribution < -0.4 is 5.73 Å². The number of hydrogen-bond acceptors (Lipinski definition) is 4. The van der Waals surface area contributed by atoms with Gasteiger partial charge in [-0.1, -0.05) is 12.8 Å². The third kappa shape index (κ3) is 3.01. The average Bonchev–Trinajstić information content (AvgIpc) is 2.88. The Morgan fingerprint density at radius 3 is 2.41 bits per heavy atom. The van der Waals surface area contributed by atoms with Gasteiger partial charge in [-0.25, -0.2) is 8.42 Å². The Hall–Kier alpha value is -0.130. The van der Waals surface area contributed by atoms with Crippen molar-refractivity contribution >= 4 is 9.84 Å². The van der Waals surface area contributed by atoms with E-state index in [4.69, 9.17) is 5.73 Å². The van der Waals surface area contributed by atoms with Crippen molar-refractivity contribution in [3.63, 3.8) is 0 Å². The molecule has 0 aromatic rings. The SMILES string of the molecule is CN(C1CCS(=O)(=O)C1)C(CN)C1CCCC1. The van der Waals surface area contributed by atoms with Crippen molar-refractivity contribution in [3.8, 4) is 0 Å². The zero-order chi connectivity index (χ0) is 12.5. The van der Waals surface area contributed by atoms with E-state index in [1.807, 2.05) is 0 Å². The Morgan fingerprint density at radius 2 is 1.94 bits per heavy atom. The molecule has 1 aliphatic heterocycles. The Morgan fingerprint density at radius 1 is 1.29 bits per heavy atom. The summed E-state index contributed by atoms with van der Waals surface area (Å²) >= 11 is 0. The highest BCUT2D eigenvalue weighted by Crippen LogP contribution is 2.31. The Balaban J connectivity index is 1.99. The molecule has 1 saturated heterocycles. The van der Waals surface area contributed by atoms with E-state index in [0.29, 0.717) is 30.0 Å². The zero-order valence-electron chi connectivity index (χ0n) is 10.6. The molecule has 0 aromatic heterocycles. The molecule has 2 N–H and O–H groups in total. The van der Waals surface area contributed by atoms with E-state index in [2.05, 4.69) is 11.9 Å². The largest absolute Gasteiger partial charge is 0.329 e. The monoisotopic (exact) mass is 260 g/mol. The van der Waals surface area contributed by atoms with Crippen LogP contribution in [0.2, 0.25) is 0 Å². The number of hydrogen-bond donors (Lipinski definition) is 1. The van der Waals surface area contributed by atoms with Gasteiger partial charge in [0, 0.05) is 18.6 Å². The van der Waals surface area contributed by atoms with E-state index >= 15 is 0 Å². The van der Waals surface area contributed by atoms with Gasteiger partial charge >= 0.3 is 0 Å². The molecule has 2 unspecified atom stereocenters. The lowest BCUT2D eigenvalue weighted by Crippen LogP contribution is -2.48. The summed E-state index contributed by atoms with van der Waals surface area (Å²) in [6.45, 7) is 0.651. The first kappa shape index (κ1) is 13.3. The van der Waals surface area contributed by atoms with Gasteiger partial charge in [-0.2, -0.15) is 0 Å². The number of sulfone groups is 1. The normalized spacial score (nSPS) is 31.1. The molecule has 2 aliphatic rings. The van der Waals surface area contributed by atoms with Crippen LogP contribution in [-0.2, 0) is 9.84 Å². The topological polar surface area (TPSA) is 63.4 Å². The zero-order valence-corrected chi connectivity index (χ0v) is 11.5. The molecule has 0 radical (unpaired) electrons. The maximum Gasteiger partial charge on any atom is 0.151 e. The summed E-state index contributed by atoms with van der Waals surface area (Å²) in [6.07, 6.45) is 5.90. The van der Waals surface area contributed by atoms with Gasteiger partial charge in [0.25, 0.3) is 0 Å². The summed E-state index contributed by atoms with van der Waals surface area (Å²) < 4.78 is 23.0. The summed E-state index contributed by atoms with van der Waals surface area (Å²) in [6, 6.07) is 0.560. The quantitative estimate of drug-likeness (QED) is 0.805. The minimum Gasteiger partial charge on any atom is -0.329 e. The number of nitrogens with two attached hydrogens (primary N) is 1. The first-order valence-electron chi connectivity index (χ1n) is 6.66. The van der Waals surface area contributed by atoms with Crippen LogP contribution >= 0.6 is 0 Å². The molecular formula is C12H24N2O2S. The van der Waals surface area contributed by atoms with Gasteiger partial charge in [0.2, 0.25) is 0 Å². The summed E-state index contributed by atoms with van der Waals surface area (Å²) in [4.78, 5) is 2.25. The van der Waals surface area contributed by atoms with Crippen LogP contribution in [0.5, 0.6) is 0 Å². The van der Waals surface area contributed by atoms with Gasteiger partial charge in [0.05, 0.1) is 11.5 Å². The second kappa shape index (κ2) is 5.24. The summed E-state index contributed by atoms with van der Waals surface area (Å²) in [5.41, 5.74) is 5.90. The van der Waals surface area contributed by atoms with Crippen LogP contribution in [0.4, 0.5) is 0 Å². The van der Waals surface area contributed by atoms with Crippen LogP contribution in [0.25, 0.3) is 0 Å². The second-order valence-electron chi connectivity index (χ2n) is 5.57. The van der Waals surface area contributed by atoms with Crippen LogP contribution in [0.1, 0.15) is 32.1 Å². The lowest BCUT2D eigenvalue weighted by molar-refractivity contribution is 0.140.